The molecule has 1 aromatic carbocycles. The van der Waals surface area contributed by atoms with E-state index >= 15 is 0 Å². The largest absolute Gasteiger partial charge is 0.347 e. The Hall–Kier alpha value is -0.630. The van der Waals surface area contributed by atoms with Crippen LogP contribution in [0, 0.1) is 3.57 Å². The van der Waals surface area contributed by atoms with Crippen LogP contribution in [0.4, 0.5) is 5.69 Å². The fraction of sp³-hybridized carbons (Fsp3) is 0.273. The zero-order chi connectivity index (χ0) is 12.4. The molecule has 0 unspecified atom stereocenters. The molecule has 1 heterocycles. The number of anilines is 1. The Bertz CT molecular complexity index is 479. The van der Waals surface area contributed by atoms with Crippen LogP contribution in [0.15, 0.2) is 22.7 Å². The zero-order valence-electron chi connectivity index (χ0n) is 8.87. The highest BCUT2D eigenvalue weighted by Gasteiger charge is 2.22. The first-order chi connectivity index (χ1) is 8.08. The van der Waals surface area contributed by atoms with Gasteiger partial charge in [0, 0.05) is 21.0 Å². The van der Waals surface area contributed by atoms with E-state index in [0.29, 0.717) is 13.0 Å². The molecule has 1 saturated heterocycles. The summed E-state index contributed by atoms with van der Waals surface area (Å²) < 4.78 is 1.96. The van der Waals surface area contributed by atoms with Gasteiger partial charge >= 0.3 is 0 Å². The number of rotatable bonds is 1. The van der Waals surface area contributed by atoms with Gasteiger partial charge < -0.3 is 10.2 Å². The summed E-state index contributed by atoms with van der Waals surface area (Å²) in [5, 5.41) is 2.58. The summed E-state index contributed by atoms with van der Waals surface area (Å²) >= 11 is 5.66. The van der Waals surface area contributed by atoms with E-state index in [-0.39, 0.29) is 18.4 Å². The minimum Gasteiger partial charge on any atom is -0.347 e. The van der Waals surface area contributed by atoms with Crippen molar-refractivity contribution in [3.05, 3.63) is 26.2 Å². The van der Waals surface area contributed by atoms with Crippen molar-refractivity contribution in [3.8, 4) is 0 Å². The second kappa shape index (κ2) is 5.34. The molecule has 17 heavy (non-hydrogen) atoms. The third-order valence-electron chi connectivity index (χ3n) is 2.50. The molecule has 0 saturated carbocycles. The fourth-order valence-corrected chi connectivity index (χ4v) is 3.16. The molecule has 1 fully saturated rings. The number of hydrogen-bond acceptors (Lipinski definition) is 2. The molecular weight excluding hydrogens is 399 g/mol. The molecule has 0 aromatic heterocycles. The third-order valence-corrected chi connectivity index (χ3v) is 3.81. The van der Waals surface area contributed by atoms with Gasteiger partial charge in [-0.15, -0.1) is 0 Å². The highest BCUT2D eigenvalue weighted by molar-refractivity contribution is 14.1. The van der Waals surface area contributed by atoms with Gasteiger partial charge in [-0.2, -0.15) is 0 Å². The predicted molar refractivity (Wildman–Crippen MR) is 76.8 cm³/mol. The number of benzene rings is 1. The molecule has 0 spiro atoms. The summed E-state index contributed by atoms with van der Waals surface area (Å²) in [6.45, 7) is 0.487. The first kappa shape index (κ1) is 12.8. The molecule has 1 N–H and O–H groups in total. The van der Waals surface area contributed by atoms with Crippen molar-refractivity contribution < 1.29 is 9.59 Å². The van der Waals surface area contributed by atoms with Crippen molar-refractivity contribution in [2.24, 2.45) is 0 Å². The lowest BCUT2D eigenvalue weighted by Crippen LogP contribution is -2.35. The van der Waals surface area contributed by atoms with Crippen molar-refractivity contribution in [2.75, 3.05) is 18.0 Å². The average molecular weight is 409 g/mol. The Morgan fingerprint density at radius 2 is 2.12 bits per heavy atom. The molecule has 1 aliphatic rings. The zero-order valence-corrected chi connectivity index (χ0v) is 12.6. The number of nitrogens with zero attached hydrogens (tertiary/aromatic N) is 1. The van der Waals surface area contributed by atoms with Gasteiger partial charge in [0.2, 0.25) is 11.8 Å². The van der Waals surface area contributed by atoms with Crippen molar-refractivity contribution in [1.82, 2.24) is 5.32 Å². The van der Waals surface area contributed by atoms with E-state index in [9.17, 15) is 9.59 Å². The van der Waals surface area contributed by atoms with Crippen LogP contribution >= 0.6 is 38.5 Å². The summed E-state index contributed by atoms with van der Waals surface area (Å²) in [5.74, 6) is -0.166. The highest BCUT2D eigenvalue weighted by atomic mass is 127. The number of carbonyl (C=O) groups is 2. The Morgan fingerprint density at radius 3 is 2.82 bits per heavy atom. The standard InChI is InChI=1S/C11H10BrIN2O2/c12-8-5-7(13)1-2-9(8)15-4-3-10(16)14-6-11(15)17/h1-2,5H,3-4,6H2,(H,14,16). The molecular formula is C11H10BrIN2O2. The Morgan fingerprint density at radius 1 is 1.35 bits per heavy atom. The predicted octanol–water partition coefficient (Wildman–Crippen LogP) is 1.91. The van der Waals surface area contributed by atoms with Gasteiger partial charge in [0.1, 0.15) is 0 Å². The molecule has 0 atom stereocenters. The van der Waals surface area contributed by atoms with E-state index < -0.39 is 0 Å². The van der Waals surface area contributed by atoms with Gasteiger partial charge in [-0.1, -0.05) is 0 Å². The van der Waals surface area contributed by atoms with Crippen LogP contribution in [0.3, 0.4) is 0 Å². The molecule has 2 amide bonds. The van der Waals surface area contributed by atoms with Crippen molar-refractivity contribution in [3.63, 3.8) is 0 Å². The summed E-state index contributed by atoms with van der Waals surface area (Å²) in [6.07, 6.45) is 0.337. The first-order valence-corrected chi connectivity index (χ1v) is 6.97. The van der Waals surface area contributed by atoms with E-state index in [0.717, 1.165) is 13.7 Å². The maximum absolute atomic E-state index is 11.9. The van der Waals surface area contributed by atoms with E-state index in [1.807, 2.05) is 18.2 Å². The average Bonchev–Trinajstić information content (AvgIpc) is 2.43. The van der Waals surface area contributed by atoms with E-state index in [1.54, 1.807) is 4.90 Å². The summed E-state index contributed by atoms with van der Waals surface area (Å²) in [5.41, 5.74) is 0.812. The Labute approximate surface area is 121 Å². The second-order valence-electron chi connectivity index (χ2n) is 3.67. The maximum Gasteiger partial charge on any atom is 0.246 e. The number of nitrogens with one attached hydrogen (secondary N) is 1. The molecule has 0 radical (unpaired) electrons. The molecule has 1 aliphatic heterocycles. The van der Waals surface area contributed by atoms with Gasteiger partial charge in [-0.05, 0) is 56.7 Å². The normalized spacial score (nSPS) is 16.7. The lowest BCUT2D eigenvalue weighted by atomic mass is 10.2. The van der Waals surface area contributed by atoms with E-state index in [1.165, 1.54) is 0 Å². The molecule has 1 aromatic rings. The van der Waals surface area contributed by atoms with Crippen LogP contribution in [0.1, 0.15) is 6.42 Å². The van der Waals surface area contributed by atoms with Crippen LogP contribution in [0.25, 0.3) is 0 Å². The molecule has 4 nitrogen and oxygen atoms in total. The minimum atomic E-state index is -0.0854. The Balaban J connectivity index is 2.31. The van der Waals surface area contributed by atoms with Gasteiger partial charge in [-0.25, -0.2) is 0 Å². The monoisotopic (exact) mass is 408 g/mol. The summed E-state index contributed by atoms with van der Waals surface area (Å²) in [6, 6.07) is 5.77. The molecule has 6 heteroatoms. The van der Waals surface area contributed by atoms with Crippen LogP contribution in [0.2, 0.25) is 0 Å². The van der Waals surface area contributed by atoms with Crippen LogP contribution < -0.4 is 10.2 Å². The Kier molecular flexibility index (Phi) is 4.03. The minimum absolute atomic E-state index is 0.0667. The SMILES string of the molecule is O=C1CCN(c2ccc(I)cc2Br)C(=O)CN1. The fourth-order valence-electron chi connectivity index (χ4n) is 1.65. The van der Waals surface area contributed by atoms with Crippen molar-refractivity contribution >= 4 is 56.0 Å². The number of halogens is 2. The van der Waals surface area contributed by atoms with Gasteiger partial charge in [0.05, 0.1) is 12.2 Å². The van der Waals surface area contributed by atoms with Crippen molar-refractivity contribution in [1.29, 1.82) is 0 Å². The summed E-state index contributed by atoms with van der Waals surface area (Å²) in [4.78, 5) is 24.8. The summed E-state index contributed by atoms with van der Waals surface area (Å²) in [7, 11) is 0. The maximum atomic E-state index is 11.9. The van der Waals surface area contributed by atoms with Gasteiger partial charge in [0.15, 0.2) is 0 Å². The second-order valence-corrected chi connectivity index (χ2v) is 5.77. The van der Waals surface area contributed by atoms with Crippen molar-refractivity contribution in [2.45, 2.75) is 6.42 Å². The quantitative estimate of drug-likeness (QED) is 0.721. The number of carbonyl (C=O) groups excluding carboxylic acids is 2. The molecule has 0 bridgehead atoms. The molecule has 90 valence electrons. The smallest absolute Gasteiger partial charge is 0.246 e. The molecule has 0 aliphatic carbocycles. The highest BCUT2D eigenvalue weighted by Crippen LogP contribution is 2.28. The van der Waals surface area contributed by atoms with Crippen LogP contribution in [-0.4, -0.2) is 24.9 Å². The number of amides is 2. The van der Waals surface area contributed by atoms with E-state index in [4.69, 9.17) is 0 Å². The van der Waals surface area contributed by atoms with E-state index in [2.05, 4.69) is 43.8 Å². The first-order valence-electron chi connectivity index (χ1n) is 5.10. The molecule has 2 rings (SSSR count). The lowest BCUT2D eigenvalue weighted by Gasteiger charge is -2.21. The lowest BCUT2D eigenvalue weighted by molar-refractivity contribution is -0.123. The third kappa shape index (κ3) is 2.98. The van der Waals surface area contributed by atoms with Crippen LogP contribution in [-0.2, 0) is 9.59 Å². The van der Waals surface area contributed by atoms with Crippen LogP contribution in [0.5, 0.6) is 0 Å². The van der Waals surface area contributed by atoms with Gasteiger partial charge in [-0.3, -0.25) is 9.59 Å². The number of hydrogen-bond donors (Lipinski definition) is 1. The van der Waals surface area contributed by atoms with Gasteiger partial charge in [0.25, 0.3) is 0 Å². The topological polar surface area (TPSA) is 49.4 Å².